The van der Waals surface area contributed by atoms with E-state index in [-0.39, 0.29) is 11.9 Å². The molecule has 2 rings (SSSR count). The highest BCUT2D eigenvalue weighted by Gasteiger charge is 2.24. The molecule has 2 heterocycles. The van der Waals surface area contributed by atoms with Crippen LogP contribution < -0.4 is 10.6 Å². The molecule has 0 bridgehead atoms. The first-order valence-electron chi connectivity index (χ1n) is 6.63. The second-order valence-electron chi connectivity index (χ2n) is 5.14. The summed E-state index contributed by atoms with van der Waals surface area (Å²) in [7, 11) is 1.75. The fraction of sp³-hybridized carbons (Fsp3) is 0.571. The molecule has 0 spiro atoms. The number of nitrogens with two attached hydrogens (primary N) is 1. The van der Waals surface area contributed by atoms with Gasteiger partial charge in [-0.15, -0.1) is 0 Å². The van der Waals surface area contributed by atoms with Crippen LogP contribution in [0.5, 0.6) is 0 Å². The highest BCUT2D eigenvalue weighted by atomic mass is 16.5. The molecule has 5 nitrogen and oxygen atoms in total. The van der Waals surface area contributed by atoms with Crippen LogP contribution in [0.15, 0.2) is 6.07 Å². The van der Waals surface area contributed by atoms with Gasteiger partial charge in [-0.25, -0.2) is 4.98 Å². The van der Waals surface area contributed by atoms with Crippen molar-refractivity contribution in [3.05, 3.63) is 22.9 Å². The van der Waals surface area contributed by atoms with Crippen molar-refractivity contribution in [1.82, 2.24) is 4.98 Å². The van der Waals surface area contributed by atoms with Gasteiger partial charge in [0.1, 0.15) is 11.7 Å². The number of hydrogen-bond acceptors (Lipinski definition) is 4. The maximum Gasteiger partial charge on any atom is 0.140 e. The molecule has 5 heteroatoms. The maximum absolute atomic E-state index is 7.78. The van der Waals surface area contributed by atoms with E-state index >= 15 is 0 Å². The first-order chi connectivity index (χ1) is 9.02. The molecule has 1 fully saturated rings. The van der Waals surface area contributed by atoms with Gasteiger partial charge in [-0.2, -0.15) is 0 Å². The number of aryl methyl sites for hydroxylation is 2. The van der Waals surface area contributed by atoms with Crippen LogP contribution in [0.2, 0.25) is 0 Å². The van der Waals surface area contributed by atoms with Gasteiger partial charge in [-0.05, 0) is 38.3 Å². The van der Waals surface area contributed by atoms with Crippen LogP contribution in [-0.4, -0.2) is 37.1 Å². The van der Waals surface area contributed by atoms with E-state index in [0.717, 1.165) is 48.6 Å². The molecule has 0 radical (unpaired) electrons. The van der Waals surface area contributed by atoms with Crippen molar-refractivity contribution in [2.75, 3.05) is 25.1 Å². The number of piperidine rings is 1. The Bertz CT molecular complexity index is 487. The average molecular weight is 262 g/mol. The van der Waals surface area contributed by atoms with Gasteiger partial charge in [0.15, 0.2) is 0 Å². The summed E-state index contributed by atoms with van der Waals surface area (Å²) in [6.07, 6.45) is 2.38. The summed E-state index contributed by atoms with van der Waals surface area (Å²) in [6, 6.07) is 1.97. The van der Waals surface area contributed by atoms with E-state index in [1.54, 1.807) is 7.11 Å². The van der Waals surface area contributed by atoms with Crippen molar-refractivity contribution in [2.45, 2.75) is 32.8 Å². The Morgan fingerprint density at radius 2 is 2.26 bits per heavy atom. The number of amidine groups is 1. The van der Waals surface area contributed by atoms with Crippen LogP contribution in [0.3, 0.4) is 0 Å². The predicted molar refractivity (Wildman–Crippen MR) is 77.0 cm³/mol. The summed E-state index contributed by atoms with van der Waals surface area (Å²) < 4.78 is 5.45. The van der Waals surface area contributed by atoms with Crippen molar-refractivity contribution in [1.29, 1.82) is 5.41 Å². The minimum absolute atomic E-state index is 0.0829. The normalized spacial score (nSPS) is 19.5. The Hall–Kier alpha value is -1.62. The first-order valence-corrected chi connectivity index (χ1v) is 6.63. The minimum Gasteiger partial charge on any atom is -0.384 e. The number of ether oxygens (including phenoxy) is 1. The lowest BCUT2D eigenvalue weighted by Gasteiger charge is -2.34. The van der Waals surface area contributed by atoms with Crippen LogP contribution >= 0.6 is 0 Å². The molecular weight excluding hydrogens is 240 g/mol. The monoisotopic (exact) mass is 262 g/mol. The number of rotatable bonds is 3. The third kappa shape index (κ3) is 2.87. The molecule has 0 amide bonds. The Morgan fingerprint density at radius 3 is 2.89 bits per heavy atom. The molecule has 0 aliphatic carbocycles. The van der Waals surface area contributed by atoms with E-state index in [2.05, 4.69) is 9.88 Å². The van der Waals surface area contributed by atoms with Crippen LogP contribution in [0, 0.1) is 19.3 Å². The second-order valence-corrected chi connectivity index (χ2v) is 5.14. The standard InChI is InChI=1S/C14H22N4O/c1-9-7-10(2)17-14(12(9)13(15)16)18-6-4-5-11(8-18)19-3/h7,11H,4-6,8H2,1-3H3,(H3,15,16). The molecule has 1 saturated heterocycles. The molecule has 1 aliphatic rings. The van der Waals surface area contributed by atoms with E-state index in [0.29, 0.717) is 0 Å². The van der Waals surface area contributed by atoms with Gasteiger partial charge in [-0.1, -0.05) is 0 Å². The van der Waals surface area contributed by atoms with Crippen molar-refractivity contribution in [3.8, 4) is 0 Å². The van der Waals surface area contributed by atoms with E-state index in [4.69, 9.17) is 15.9 Å². The first kappa shape index (κ1) is 13.8. The molecule has 1 atom stereocenters. The number of methoxy groups -OCH3 is 1. The zero-order valence-electron chi connectivity index (χ0n) is 11.9. The molecule has 3 N–H and O–H groups in total. The van der Waals surface area contributed by atoms with Gasteiger partial charge >= 0.3 is 0 Å². The van der Waals surface area contributed by atoms with E-state index in [1.807, 2.05) is 19.9 Å². The SMILES string of the molecule is COC1CCCN(c2nc(C)cc(C)c2C(=N)N)C1. The molecule has 19 heavy (non-hydrogen) atoms. The lowest BCUT2D eigenvalue weighted by molar-refractivity contribution is 0.0891. The van der Waals surface area contributed by atoms with E-state index in [9.17, 15) is 0 Å². The highest BCUT2D eigenvalue weighted by molar-refractivity contribution is 6.01. The third-order valence-corrected chi connectivity index (χ3v) is 3.61. The van der Waals surface area contributed by atoms with Gasteiger partial charge in [0.25, 0.3) is 0 Å². The lowest BCUT2D eigenvalue weighted by Crippen LogP contribution is -2.41. The number of nitrogens with zero attached hydrogens (tertiary/aromatic N) is 2. The maximum atomic E-state index is 7.78. The number of nitrogens with one attached hydrogen (secondary N) is 1. The lowest BCUT2D eigenvalue weighted by atomic mass is 10.0. The average Bonchev–Trinajstić information content (AvgIpc) is 2.37. The fourth-order valence-corrected chi connectivity index (χ4v) is 2.70. The Kier molecular flexibility index (Phi) is 4.04. The second kappa shape index (κ2) is 5.57. The van der Waals surface area contributed by atoms with Crippen LogP contribution in [0.1, 0.15) is 29.7 Å². The molecular formula is C14H22N4O. The zero-order chi connectivity index (χ0) is 14.0. The molecule has 0 aromatic carbocycles. The van der Waals surface area contributed by atoms with Crippen molar-refractivity contribution >= 4 is 11.7 Å². The number of hydrogen-bond donors (Lipinski definition) is 2. The van der Waals surface area contributed by atoms with Crippen LogP contribution in [-0.2, 0) is 4.74 Å². The molecule has 1 aliphatic heterocycles. The Morgan fingerprint density at radius 1 is 1.53 bits per heavy atom. The number of pyridine rings is 1. The van der Waals surface area contributed by atoms with Crippen LogP contribution in [0.4, 0.5) is 5.82 Å². The van der Waals surface area contributed by atoms with Gasteiger partial charge in [0.05, 0.1) is 11.7 Å². The summed E-state index contributed by atoms with van der Waals surface area (Å²) in [5.74, 6) is 0.909. The van der Waals surface area contributed by atoms with Crippen molar-refractivity contribution in [2.24, 2.45) is 5.73 Å². The minimum atomic E-state index is 0.0829. The van der Waals surface area contributed by atoms with Gasteiger partial charge < -0.3 is 15.4 Å². The smallest absolute Gasteiger partial charge is 0.140 e. The quantitative estimate of drug-likeness (QED) is 0.641. The van der Waals surface area contributed by atoms with Crippen LogP contribution in [0.25, 0.3) is 0 Å². The third-order valence-electron chi connectivity index (χ3n) is 3.61. The van der Waals surface area contributed by atoms with E-state index < -0.39 is 0 Å². The number of nitrogen functional groups attached to an aromatic ring is 1. The Balaban J connectivity index is 2.40. The number of aromatic nitrogens is 1. The Labute approximate surface area is 114 Å². The largest absolute Gasteiger partial charge is 0.384 e. The zero-order valence-corrected chi connectivity index (χ0v) is 11.9. The molecule has 104 valence electrons. The topological polar surface area (TPSA) is 75.2 Å². The molecule has 0 saturated carbocycles. The number of anilines is 1. The van der Waals surface area contributed by atoms with Gasteiger partial charge in [0.2, 0.25) is 0 Å². The summed E-state index contributed by atoms with van der Waals surface area (Å²) >= 11 is 0. The van der Waals surface area contributed by atoms with Gasteiger partial charge in [-0.3, -0.25) is 5.41 Å². The highest BCUT2D eigenvalue weighted by Crippen LogP contribution is 2.25. The van der Waals surface area contributed by atoms with E-state index in [1.165, 1.54) is 0 Å². The molecule has 1 aromatic heterocycles. The van der Waals surface area contributed by atoms with Crippen molar-refractivity contribution < 1.29 is 4.74 Å². The predicted octanol–water partition coefficient (Wildman–Crippen LogP) is 1.60. The molecule has 1 unspecified atom stereocenters. The van der Waals surface area contributed by atoms with Crippen molar-refractivity contribution in [3.63, 3.8) is 0 Å². The summed E-state index contributed by atoms with van der Waals surface area (Å²) in [4.78, 5) is 6.79. The molecule has 1 aromatic rings. The fourth-order valence-electron chi connectivity index (χ4n) is 2.70. The summed E-state index contributed by atoms with van der Waals surface area (Å²) in [5, 5.41) is 7.78. The van der Waals surface area contributed by atoms with Gasteiger partial charge in [0, 0.05) is 25.9 Å². The summed E-state index contributed by atoms with van der Waals surface area (Å²) in [5.41, 5.74) is 8.44. The summed E-state index contributed by atoms with van der Waals surface area (Å²) in [6.45, 7) is 5.70.